The van der Waals surface area contributed by atoms with Crippen LogP contribution in [0.4, 0.5) is 0 Å². The van der Waals surface area contributed by atoms with Crippen molar-refractivity contribution in [3.8, 4) is 0 Å². The fourth-order valence-corrected chi connectivity index (χ4v) is 2.18. The van der Waals surface area contributed by atoms with Crippen molar-refractivity contribution in [1.29, 1.82) is 0 Å². The van der Waals surface area contributed by atoms with Crippen LogP contribution < -0.4 is 5.32 Å². The van der Waals surface area contributed by atoms with Gasteiger partial charge < -0.3 is 14.8 Å². The van der Waals surface area contributed by atoms with Crippen LogP contribution in [0.5, 0.6) is 0 Å². The van der Waals surface area contributed by atoms with Gasteiger partial charge in [0.25, 0.3) is 5.91 Å². The quantitative estimate of drug-likeness (QED) is 0.838. The number of rotatable bonds is 5. The minimum absolute atomic E-state index is 0.203. The molecule has 0 saturated carbocycles. The second kappa shape index (κ2) is 6.98. The highest BCUT2D eigenvalue weighted by molar-refractivity contribution is 5.91. The predicted molar refractivity (Wildman–Crippen MR) is 77.2 cm³/mol. The summed E-state index contributed by atoms with van der Waals surface area (Å²) in [4.78, 5) is 11.7. The van der Waals surface area contributed by atoms with Crippen molar-refractivity contribution in [2.24, 2.45) is 0 Å². The molecule has 108 valence electrons. The minimum Gasteiger partial charge on any atom is -0.494 e. The molecule has 0 fully saturated rings. The summed E-state index contributed by atoms with van der Waals surface area (Å²) in [5.41, 5.74) is 3.92. The zero-order valence-corrected chi connectivity index (χ0v) is 12.1. The molecule has 1 amide bonds. The Morgan fingerprint density at radius 1 is 1.30 bits per heavy atom. The van der Waals surface area contributed by atoms with Gasteiger partial charge in [-0.2, -0.15) is 0 Å². The highest BCUT2D eigenvalue weighted by atomic mass is 16.6. The lowest BCUT2D eigenvalue weighted by Gasteiger charge is -2.15. The number of benzene rings is 1. The molecule has 0 aromatic heterocycles. The van der Waals surface area contributed by atoms with E-state index in [1.807, 2.05) is 0 Å². The summed E-state index contributed by atoms with van der Waals surface area (Å²) in [7, 11) is 0. The van der Waals surface area contributed by atoms with Gasteiger partial charge in [0.1, 0.15) is 19.5 Å². The molecule has 0 bridgehead atoms. The van der Waals surface area contributed by atoms with Crippen molar-refractivity contribution in [1.82, 2.24) is 5.32 Å². The fraction of sp³-hybridized carbons (Fsp3) is 0.438. The van der Waals surface area contributed by atoms with E-state index in [1.165, 1.54) is 23.0 Å². The number of carbonyl (C=O) groups is 1. The summed E-state index contributed by atoms with van der Waals surface area (Å²) in [5.74, 6) is 0.0631. The molecule has 20 heavy (non-hydrogen) atoms. The van der Waals surface area contributed by atoms with Gasteiger partial charge in [0.15, 0.2) is 0 Å². The SMILES string of the molecule is Cc1ccc(CCCNC(=O)C2=COCCO2)c(C)c1. The zero-order valence-electron chi connectivity index (χ0n) is 12.1. The van der Waals surface area contributed by atoms with Gasteiger partial charge in [-0.1, -0.05) is 23.8 Å². The van der Waals surface area contributed by atoms with Crippen LogP contribution >= 0.6 is 0 Å². The van der Waals surface area contributed by atoms with E-state index < -0.39 is 0 Å². The number of hydrogen-bond acceptors (Lipinski definition) is 3. The van der Waals surface area contributed by atoms with E-state index in [4.69, 9.17) is 9.47 Å². The summed E-state index contributed by atoms with van der Waals surface area (Å²) >= 11 is 0. The van der Waals surface area contributed by atoms with Crippen LogP contribution in [0, 0.1) is 13.8 Å². The van der Waals surface area contributed by atoms with Gasteiger partial charge in [0, 0.05) is 6.54 Å². The lowest BCUT2D eigenvalue weighted by molar-refractivity contribution is -0.122. The Labute approximate surface area is 119 Å². The first-order valence-corrected chi connectivity index (χ1v) is 6.96. The van der Waals surface area contributed by atoms with Gasteiger partial charge in [-0.25, -0.2) is 0 Å². The molecule has 1 heterocycles. The third-order valence-corrected chi connectivity index (χ3v) is 3.28. The molecular weight excluding hydrogens is 254 g/mol. The first-order valence-electron chi connectivity index (χ1n) is 6.96. The van der Waals surface area contributed by atoms with Crippen molar-refractivity contribution in [3.05, 3.63) is 46.9 Å². The normalized spacial score (nSPS) is 14.0. The molecule has 0 spiro atoms. The molecule has 2 rings (SSSR count). The first kappa shape index (κ1) is 14.4. The maximum Gasteiger partial charge on any atom is 0.289 e. The Kier molecular flexibility index (Phi) is 5.04. The van der Waals surface area contributed by atoms with Crippen molar-refractivity contribution in [2.45, 2.75) is 26.7 Å². The van der Waals surface area contributed by atoms with Crippen LogP contribution in [0.3, 0.4) is 0 Å². The standard InChI is InChI=1S/C16H21NO3/c1-12-5-6-14(13(2)10-12)4-3-7-17-16(18)15-11-19-8-9-20-15/h5-6,10-11H,3-4,7-9H2,1-2H3,(H,17,18). The molecular formula is C16H21NO3. The summed E-state index contributed by atoms with van der Waals surface area (Å²) in [5, 5.41) is 2.84. The van der Waals surface area contributed by atoms with Crippen LogP contribution in [0.2, 0.25) is 0 Å². The highest BCUT2D eigenvalue weighted by Gasteiger charge is 2.13. The summed E-state index contributed by atoms with van der Waals surface area (Å²) < 4.78 is 10.3. The van der Waals surface area contributed by atoms with E-state index in [1.54, 1.807) is 0 Å². The fourth-order valence-electron chi connectivity index (χ4n) is 2.18. The lowest BCUT2D eigenvalue weighted by Crippen LogP contribution is -2.29. The van der Waals surface area contributed by atoms with E-state index in [-0.39, 0.29) is 11.7 Å². The number of amides is 1. The Morgan fingerprint density at radius 3 is 2.85 bits per heavy atom. The Bertz CT molecular complexity index is 508. The van der Waals surface area contributed by atoms with Crippen molar-refractivity contribution >= 4 is 5.91 Å². The molecule has 1 aliphatic heterocycles. The number of ether oxygens (including phenoxy) is 2. The summed E-state index contributed by atoms with van der Waals surface area (Å²) in [6.45, 7) is 5.79. The topological polar surface area (TPSA) is 47.6 Å². The molecule has 1 aromatic carbocycles. The largest absolute Gasteiger partial charge is 0.494 e. The van der Waals surface area contributed by atoms with Crippen LogP contribution in [-0.2, 0) is 20.7 Å². The van der Waals surface area contributed by atoms with E-state index >= 15 is 0 Å². The minimum atomic E-state index is -0.203. The zero-order chi connectivity index (χ0) is 14.4. The number of aryl methyl sites for hydroxylation is 3. The monoisotopic (exact) mass is 275 g/mol. The molecule has 1 aliphatic rings. The number of carbonyl (C=O) groups excluding carboxylic acids is 1. The van der Waals surface area contributed by atoms with Crippen molar-refractivity contribution in [2.75, 3.05) is 19.8 Å². The third-order valence-electron chi connectivity index (χ3n) is 3.28. The van der Waals surface area contributed by atoms with Crippen LogP contribution in [0.15, 0.2) is 30.2 Å². The Balaban J connectivity index is 1.73. The average molecular weight is 275 g/mol. The maximum atomic E-state index is 11.7. The van der Waals surface area contributed by atoms with E-state index in [2.05, 4.69) is 37.4 Å². The van der Waals surface area contributed by atoms with Crippen LogP contribution in [0.1, 0.15) is 23.1 Å². The lowest BCUT2D eigenvalue weighted by atomic mass is 10.0. The van der Waals surface area contributed by atoms with E-state index in [0.29, 0.717) is 19.8 Å². The second-order valence-electron chi connectivity index (χ2n) is 4.99. The van der Waals surface area contributed by atoms with Gasteiger partial charge in [-0.15, -0.1) is 0 Å². The maximum absolute atomic E-state index is 11.7. The van der Waals surface area contributed by atoms with Gasteiger partial charge in [-0.3, -0.25) is 4.79 Å². The first-order chi connectivity index (χ1) is 9.66. The number of hydrogen-bond donors (Lipinski definition) is 1. The van der Waals surface area contributed by atoms with Gasteiger partial charge in [0.2, 0.25) is 5.76 Å². The van der Waals surface area contributed by atoms with Crippen molar-refractivity contribution < 1.29 is 14.3 Å². The van der Waals surface area contributed by atoms with E-state index in [9.17, 15) is 4.79 Å². The molecule has 0 aliphatic carbocycles. The van der Waals surface area contributed by atoms with Crippen LogP contribution in [-0.4, -0.2) is 25.7 Å². The van der Waals surface area contributed by atoms with Gasteiger partial charge in [-0.05, 0) is 37.8 Å². The molecule has 0 radical (unpaired) electrons. The molecule has 4 heteroatoms. The van der Waals surface area contributed by atoms with E-state index in [0.717, 1.165) is 12.8 Å². The molecule has 1 aromatic rings. The molecule has 1 N–H and O–H groups in total. The third kappa shape index (κ3) is 4.02. The van der Waals surface area contributed by atoms with Crippen molar-refractivity contribution in [3.63, 3.8) is 0 Å². The predicted octanol–water partition coefficient (Wildman–Crippen LogP) is 2.24. The summed E-state index contributed by atoms with van der Waals surface area (Å²) in [6, 6.07) is 6.47. The Hall–Kier alpha value is -1.97. The Morgan fingerprint density at radius 2 is 2.15 bits per heavy atom. The molecule has 0 atom stereocenters. The molecule has 0 unspecified atom stereocenters. The highest BCUT2D eigenvalue weighted by Crippen LogP contribution is 2.12. The summed E-state index contributed by atoms with van der Waals surface area (Å²) in [6.07, 6.45) is 3.25. The second-order valence-corrected chi connectivity index (χ2v) is 4.99. The average Bonchev–Trinajstić information content (AvgIpc) is 2.46. The number of nitrogens with one attached hydrogen (secondary N) is 1. The van der Waals surface area contributed by atoms with Gasteiger partial charge in [0.05, 0.1) is 0 Å². The molecule has 0 saturated heterocycles. The van der Waals surface area contributed by atoms with Gasteiger partial charge >= 0.3 is 0 Å². The smallest absolute Gasteiger partial charge is 0.289 e. The van der Waals surface area contributed by atoms with Crippen LogP contribution in [0.25, 0.3) is 0 Å². The molecule has 4 nitrogen and oxygen atoms in total.